The number of carbonyl (C=O) groups is 4. The number of aromatic nitrogens is 3. The van der Waals surface area contributed by atoms with Crippen LogP contribution in [0.4, 0.5) is 4.79 Å². The fourth-order valence-corrected chi connectivity index (χ4v) is 11.1. The lowest BCUT2D eigenvalue weighted by atomic mass is 9.97. The molecule has 0 radical (unpaired) electrons. The van der Waals surface area contributed by atoms with Crippen molar-refractivity contribution < 1.29 is 32.3 Å². The highest BCUT2D eigenvalue weighted by Gasteiger charge is 2.59. The van der Waals surface area contributed by atoms with Gasteiger partial charge in [0.25, 0.3) is 0 Å². The van der Waals surface area contributed by atoms with E-state index in [-0.39, 0.29) is 42.4 Å². The Kier molecular flexibility index (Phi) is 17.1. The molecular formula is C47H71N7O8S2. The van der Waals surface area contributed by atoms with Crippen molar-refractivity contribution in [1.29, 1.82) is 0 Å². The van der Waals surface area contributed by atoms with Crippen molar-refractivity contribution in [2.45, 2.75) is 157 Å². The molecule has 2 aromatic heterocycles. The highest BCUT2D eigenvalue weighted by atomic mass is 32.2. The molecule has 4 N–H and O–H groups in total. The van der Waals surface area contributed by atoms with Gasteiger partial charge in [0.15, 0.2) is 0 Å². The zero-order valence-corrected chi connectivity index (χ0v) is 40.9. The van der Waals surface area contributed by atoms with Crippen molar-refractivity contribution in [2.24, 2.45) is 17.3 Å². The standard InChI is InChI=1S/C47H71N7O8S2/c1-10-33-27-47(33,29-49-41(56)36-21-18-25-53(36)38(55)28-48-45(59)62-46(8,9)24-23-30(2)3)43(57)52-64(60,61)26-16-14-12-11-13-15-22-37-39(31(4)5)50-42(63-37)34-19-17-20-35-40(34)51-44(58)54(35)32(6)7/h11,13,17,19-20,30-33,36H,10,12,14-16,18,21-29H2,1-9H3,(H,48,59)(H,49,56)(H,51,58)(H,52,57). The summed E-state index contributed by atoms with van der Waals surface area (Å²) in [4.78, 5) is 76.0. The number of carbonyl (C=O) groups excluding carboxylic acids is 4. The van der Waals surface area contributed by atoms with Crippen LogP contribution in [0.5, 0.6) is 0 Å². The number of allylic oxidation sites excluding steroid dienone is 2. The number of para-hydroxylation sites is 1. The first-order chi connectivity index (χ1) is 30.2. The molecule has 2 fully saturated rings. The van der Waals surface area contributed by atoms with Crippen LogP contribution < -0.4 is 21.0 Å². The lowest BCUT2D eigenvalue weighted by Gasteiger charge is -2.27. The summed E-state index contributed by atoms with van der Waals surface area (Å²) in [5.41, 5.74) is 1.78. The highest BCUT2D eigenvalue weighted by Crippen LogP contribution is 2.54. The number of alkyl carbamates (subject to hydrolysis) is 1. The minimum Gasteiger partial charge on any atom is -0.444 e. The average molecular weight is 926 g/mol. The van der Waals surface area contributed by atoms with E-state index in [1.54, 1.807) is 15.9 Å². The lowest BCUT2D eigenvalue weighted by molar-refractivity contribution is -0.138. The number of sulfonamides is 1. The molecule has 3 atom stereocenters. The Morgan fingerprint density at radius 3 is 2.47 bits per heavy atom. The first kappa shape index (κ1) is 50.5. The Bertz CT molecular complexity index is 2330. The smallest absolute Gasteiger partial charge is 0.408 e. The SMILES string of the molecule is CCC1CC1(CNC(=O)C1CCCN1C(=O)CNC(=O)OC(C)(C)CCC(C)C)C(=O)NS(=O)(=O)CCCCC=CCCc1sc(-c2cccc3c2[nH]c(=O)n3C(C)C)nc1C(C)C. The Labute approximate surface area is 383 Å². The van der Waals surface area contributed by atoms with Crippen molar-refractivity contribution in [1.82, 2.24) is 34.8 Å². The summed E-state index contributed by atoms with van der Waals surface area (Å²) < 4.78 is 35.8. The summed E-state index contributed by atoms with van der Waals surface area (Å²) in [6.45, 7) is 18.0. The molecule has 3 aromatic rings. The summed E-state index contributed by atoms with van der Waals surface area (Å²) >= 11 is 1.65. The third-order valence-electron chi connectivity index (χ3n) is 12.5. The van der Waals surface area contributed by atoms with Gasteiger partial charge >= 0.3 is 11.8 Å². The molecule has 3 heterocycles. The largest absolute Gasteiger partial charge is 0.444 e. The van der Waals surface area contributed by atoms with Crippen molar-refractivity contribution in [3.8, 4) is 10.6 Å². The van der Waals surface area contributed by atoms with Crippen LogP contribution in [0.15, 0.2) is 35.1 Å². The number of nitrogens with one attached hydrogen (secondary N) is 4. The monoisotopic (exact) mass is 925 g/mol. The number of H-pyrrole nitrogens is 1. The molecule has 1 saturated heterocycles. The van der Waals surface area contributed by atoms with Crippen LogP contribution >= 0.6 is 11.3 Å². The molecule has 0 bridgehead atoms. The predicted octanol–water partition coefficient (Wildman–Crippen LogP) is 7.73. The van der Waals surface area contributed by atoms with Crippen LogP contribution in [0.25, 0.3) is 21.6 Å². The molecule has 1 aromatic carbocycles. The minimum atomic E-state index is -3.91. The zero-order valence-electron chi connectivity index (χ0n) is 39.3. The topological polar surface area (TPSA) is 202 Å². The molecule has 1 aliphatic heterocycles. The quantitative estimate of drug-likeness (QED) is 0.0543. The predicted molar refractivity (Wildman–Crippen MR) is 253 cm³/mol. The van der Waals surface area contributed by atoms with Crippen molar-refractivity contribution in [3.05, 3.63) is 51.4 Å². The highest BCUT2D eigenvalue weighted by molar-refractivity contribution is 7.90. The second kappa shape index (κ2) is 21.7. The number of benzene rings is 1. The molecule has 3 unspecified atom stereocenters. The Morgan fingerprint density at radius 1 is 1.06 bits per heavy atom. The van der Waals surface area contributed by atoms with E-state index in [1.807, 2.05) is 52.8 Å². The summed E-state index contributed by atoms with van der Waals surface area (Å²) in [7, 11) is -3.91. The van der Waals surface area contributed by atoms with Crippen LogP contribution in [0.2, 0.25) is 0 Å². The molecule has 1 aliphatic carbocycles. The number of rotatable bonds is 23. The van der Waals surface area contributed by atoms with Crippen molar-refractivity contribution >= 4 is 56.2 Å². The number of likely N-dealkylation sites (tertiary alicyclic amines) is 1. The van der Waals surface area contributed by atoms with Gasteiger partial charge in [0, 0.05) is 29.6 Å². The minimum absolute atomic E-state index is 0.0261. The number of imidazole rings is 1. The first-order valence-corrected chi connectivity index (χ1v) is 25.6. The molecule has 15 nitrogen and oxygen atoms in total. The maximum atomic E-state index is 13.5. The summed E-state index contributed by atoms with van der Waals surface area (Å²) in [6.07, 6.45) is 10.5. The molecule has 0 spiro atoms. The summed E-state index contributed by atoms with van der Waals surface area (Å²) in [5, 5.41) is 6.26. The Morgan fingerprint density at radius 2 is 1.80 bits per heavy atom. The molecule has 2 aliphatic rings. The van der Waals surface area contributed by atoms with Crippen LogP contribution in [0.1, 0.15) is 149 Å². The second-order valence-corrected chi connectivity index (χ2v) is 22.1. The van der Waals surface area contributed by atoms with Gasteiger partial charge in [0.2, 0.25) is 27.7 Å². The number of amides is 4. The number of hydrogen-bond acceptors (Lipinski definition) is 10. The third kappa shape index (κ3) is 12.8. The Hall–Kier alpha value is -4.51. The number of fused-ring (bicyclic) bond motifs is 1. The van der Waals surface area contributed by atoms with Gasteiger partial charge < -0.3 is 25.3 Å². The Balaban J connectivity index is 1.05. The van der Waals surface area contributed by atoms with Gasteiger partial charge in [-0.15, -0.1) is 11.3 Å². The number of unbranched alkanes of at least 4 members (excludes halogenated alkanes) is 2. The molecule has 5 rings (SSSR count). The van der Waals surface area contributed by atoms with Crippen molar-refractivity contribution in [2.75, 3.05) is 25.4 Å². The molecule has 1 saturated carbocycles. The number of aryl methyl sites for hydroxylation is 1. The normalized spacial score (nSPS) is 19.0. The van der Waals surface area contributed by atoms with Gasteiger partial charge in [0.1, 0.15) is 23.2 Å². The third-order valence-corrected chi connectivity index (χ3v) is 15.0. The van der Waals surface area contributed by atoms with Gasteiger partial charge in [-0.1, -0.05) is 59.3 Å². The van der Waals surface area contributed by atoms with E-state index in [9.17, 15) is 32.4 Å². The number of hydrogen-bond donors (Lipinski definition) is 4. The van der Waals surface area contributed by atoms with Gasteiger partial charge in [-0.2, -0.15) is 0 Å². The molecule has 64 heavy (non-hydrogen) atoms. The van der Waals surface area contributed by atoms with E-state index in [0.717, 1.165) is 46.6 Å². The fourth-order valence-electron chi connectivity index (χ4n) is 8.66. The maximum Gasteiger partial charge on any atom is 0.408 e. The number of aromatic amines is 1. The lowest BCUT2D eigenvalue weighted by Crippen LogP contribution is -2.51. The van der Waals surface area contributed by atoms with E-state index < -0.39 is 50.9 Å². The van der Waals surface area contributed by atoms with Gasteiger partial charge in [-0.25, -0.2) is 23.0 Å². The van der Waals surface area contributed by atoms with Crippen LogP contribution in [-0.2, 0) is 35.6 Å². The van der Waals surface area contributed by atoms with Crippen LogP contribution in [0, 0.1) is 17.3 Å². The summed E-state index contributed by atoms with van der Waals surface area (Å²) in [5.74, 6) is -1.00. The summed E-state index contributed by atoms with van der Waals surface area (Å²) in [6, 6.07) is 5.19. The van der Waals surface area contributed by atoms with Crippen LogP contribution in [0.3, 0.4) is 0 Å². The first-order valence-electron chi connectivity index (χ1n) is 23.2. The van der Waals surface area contributed by atoms with Gasteiger partial charge in [0.05, 0.1) is 27.9 Å². The molecule has 354 valence electrons. The van der Waals surface area contributed by atoms with Crippen LogP contribution in [-0.4, -0.2) is 88.7 Å². The fraction of sp³-hybridized carbons (Fsp3) is 0.660. The second-order valence-electron chi connectivity index (χ2n) is 19.2. The van der Waals surface area contributed by atoms with E-state index >= 15 is 0 Å². The molecular weight excluding hydrogens is 855 g/mol. The van der Waals surface area contributed by atoms with Gasteiger partial charge in [-0.05, 0) is 122 Å². The number of thiazole rings is 1. The average Bonchev–Trinajstić information content (AvgIpc) is 3.51. The number of ether oxygens (including phenoxy) is 1. The zero-order chi connectivity index (χ0) is 47.0. The number of nitrogens with zero attached hydrogens (tertiary/aromatic N) is 3. The van der Waals surface area contributed by atoms with E-state index in [0.29, 0.717) is 63.8 Å². The van der Waals surface area contributed by atoms with E-state index in [2.05, 4.69) is 60.2 Å². The van der Waals surface area contributed by atoms with E-state index in [4.69, 9.17) is 9.72 Å². The van der Waals surface area contributed by atoms with Gasteiger partial charge in [-0.3, -0.25) is 23.7 Å². The van der Waals surface area contributed by atoms with E-state index in [1.165, 1.54) is 9.78 Å². The maximum absolute atomic E-state index is 13.5. The van der Waals surface area contributed by atoms with Crippen molar-refractivity contribution in [3.63, 3.8) is 0 Å². The molecule has 4 amide bonds. The molecule has 17 heteroatoms.